The van der Waals surface area contributed by atoms with Gasteiger partial charge in [-0.1, -0.05) is 0 Å². The Balaban J connectivity index is 1.69. The number of hydrogen-bond acceptors (Lipinski definition) is 8. The van der Waals surface area contributed by atoms with E-state index < -0.39 is 6.16 Å². The number of nitrogens with one attached hydrogen (secondary N) is 2. The summed E-state index contributed by atoms with van der Waals surface area (Å²) in [5.41, 5.74) is 2.53. The van der Waals surface area contributed by atoms with Gasteiger partial charge in [0, 0.05) is 24.1 Å². The molecule has 0 aliphatic heterocycles. The third-order valence-corrected chi connectivity index (χ3v) is 3.72. The van der Waals surface area contributed by atoms with Crippen LogP contribution in [0.5, 0.6) is 5.75 Å². The highest BCUT2D eigenvalue weighted by molar-refractivity contribution is 5.62. The van der Waals surface area contributed by atoms with E-state index in [1.165, 1.54) is 0 Å². The molecule has 0 amide bonds. The van der Waals surface area contributed by atoms with E-state index >= 15 is 0 Å². The van der Waals surface area contributed by atoms with E-state index in [2.05, 4.69) is 30.3 Å². The first-order valence-corrected chi connectivity index (χ1v) is 8.44. The summed E-state index contributed by atoms with van der Waals surface area (Å²) in [5.74, 6) is 1.60. The molecule has 3 aromatic rings. The van der Waals surface area contributed by atoms with Crippen molar-refractivity contribution in [3.63, 3.8) is 0 Å². The molecule has 28 heavy (non-hydrogen) atoms. The van der Waals surface area contributed by atoms with Crippen molar-refractivity contribution in [1.29, 1.82) is 0 Å². The zero-order valence-corrected chi connectivity index (χ0v) is 15.4. The van der Waals surface area contributed by atoms with Crippen LogP contribution in [0.2, 0.25) is 0 Å². The number of methoxy groups -OCH3 is 1. The van der Waals surface area contributed by atoms with Crippen LogP contribution in [-0.2, 0) is 4.74 Å². The van der Waals surface area contributed by atoms with Crippen molar-refractivity contribution in [2.24, 2.45) is 0 Å². The highest BCUT2D eigenvalue weighted by Gasteiger charge is 2.08. The average molecular weight is 384 g/mol. The molecule has 2 aromatic heterocycles. The smallest absolute Gasteiger partial charge is 0.494 e. The number of carboxylic acid groups (broad SMARTS) is 1. The van der Waals surface area contributed by atoms with Crippen LogP contribution in [0.3, 0.4) is 0 Å². The first-order valence-electron chi connectivity index (χ1n) is 8.44. The molecule has 0 radical (unpaired) electrons. The number of anilines is 3. The van der Waals surface area contributed by atoms with Gasteiger partial charge in [-0.15, -0.1) is 0 Å². The molecule has 0 bridgehead atoms. The van der Waals surface area contributed by atoms with Gasteiger partial charge in [-0.2, -0.15) is 4.98 Å². The lowest BCUT2D eigenvalue weighted by atomic mass is 10.2. The van der Waals surface area contributed by atoms with Gasteiger partial charge in [0.15, 0.2) is 0 Å². The summed E-state index contributed by atoms with van der Waals surface area (Å²) in [6, 6.07) is 7.32. The fourth-order valence-corrected chi connectivity index (χ4v) is 2.49. The molecule has 0 unspecified atom stereocenters. The van der Waals surface area contributed by atoms with Crippen LogP contribution < -0.4 is 15.4 Å². The van der Waals surface area contributed by atoms with E-state index in [0.717, 1.165) is 17.1 Å². The minimum absolute atomic E-state index is 0.0223. The normalized spacial score (nSPS) is 10.4. The van der Waals surface area contributed by atoms with Gasteiger partial charge < -0.3 is 29.8 Å². The van der Waals surface area contributed by atoms with Gasteiger partial charge in [-0.3, -0.25) is 0 Å². The number of hydrogen-bond donors (Lipinski definition) is 3. The van der Waals surface area contributed by atoms with E-state index in [4.69, 9.17) is 9.84 Å². The maximum absolute atomic E-state index is 10.3. The minimum Gasteiger partial charge on any atom is -0.494 e. The lowest BCUT2D eigenvalue weighted by Gasteiger charge is -2.12. The molecule has 2 heterocycles. The van der Waals surface area contributed by atoms with E-state index in [1.807, 2.05) is 35.9 Å². The van der Waals surface area contributed by atoms with Crippen molar-refractivity contribution < 1.29 is 19.4 Å². The molecule has 0 spiro atoms. The third-order valence-electron chi connectivity index (χ3n) is 3.72. The summed E-state index contributed by atoms with van der Waals surface area (Å²) >= 11 is 0. The summed E-state index contributed by atoms with van der Waals surface area (Å²) in [6.07, 6.45) is 3.93. The molecular formula is C18H20N6O4. The van der Waals surface area contributed by atoms with Gasteiger partial charge in [0.2, 0.25) is 5.95 Å². The molecule has 0 aliphatic carbocycles. The van der Waals surface area contributed by atoms with Gasteiger partial charge in [-0.25, -0.2) is 14.8 Å². The van der Waals surface area contributed by atoms with Crippen molar-refractivity contribution >= 4 is 23.6 Å². The Bertz CT molecular complexity index is 959. The number of aromatic nitrogens is 4. The number of ether oxygens (including phenoxy) is 2. The van der Waals surface area contributed by atoms with Crippen LogP contribution >= 0.6 is 0 Å². The largest absolute Gasteiger partial charge is 0.505 e. The molecule has 10 heteroatoms. The van der Waals surface area contributed by atoms with Crippen molar-refractivity contribution in [3.8, 4) is 11.4 Å². The Labute approximate surface area is 161 Å². The number of nitrogens with zero attached hydrogens (tertiary/aromatic N) is 4. The predicted octanol–water partition coefficient (Wildman–Crippen LogP) is 2.83. The zero-order chi connectivity index (χ0) is 19.9. The Morgan fingerprint density at radius 3 is 2.86 bits per heavy atom. The molecular weight excluding hydrogens is 364 g/mol. The lowest BCUT2D eigenvalue weighted by molar-refractivity contribution is 0.0952. The Morgan fingerprint density at radius 2 is 2.14 bits per heavy atom. The number of benzene rings is 1. The average Bonchev–Trinajstić information content (AvgIpc) is 3.11. The first kappa shape index (κ1) is 19.0. The molecule has 10 nitrogen and oxygen atoms in total. The van der Waals surface area contributed by atoms with Crippen LogP contribution in [0.1, 0.15) is 5.69 Å². The number of imidazole rings is 1. The van der Waals surface area contributed by atoms with Gasteiger partial charge >= 0.3 is 6.16 Å². The molecule has 0 aliphatic rings. The highest BCUT2D eigenvalue weighted by Crippen LogP contribution is 2.28. The van der Waals surface area contributed by atoms with E-state index in [9.17, 15) is 4.79 Å². The second-order valence-corrected chi connectivity index (χ2v) is 5.74. The lowest BCUT2D eigenvalue weighted by Crippen LogP contribution is -2.13. The second kappa shape index (κ2) is 8.71. The van der Waals surface area contributed by atoms with Crippen LogP contribution in [0, 0.1) is 6.92 Å². The molecule has 0 fully saturated rings. The third kappa shape index (κ3) is 4.87. The minimum atomic E-state index is -1.31. The second-order valence-electron chi connectivity index (χ2n) is 5.74. The maximum Gasteiger partial charge on any atom is 0.505 e. The van der Waals surface area contributed by atoms with Crippen LogP contribution in [0.4, 0.5) is 22.2 Å². The summed E-state index contributed by atoms with van der Waals surface area (Å²) in [5, 5.41) is 14.5. The van der Waals surface area contributed by atoms with Gasteiger partial charge in [-0.05, 0) is 25.1 Å². The first-order chi connectivity index (χ1) is 13.5. The Hall–Kier alpha value is -3.82. The van der Waals surface area contributed by atoms with Gasteiger partial charge in [0.1, 0.15) is 18.2 Å². The van der Waals surface area contributed by atoms with Crippen molar-refractivity contribution in [3.05, 3.63) is 48.7 Å². The standard InChI is InChI=1S/C18H20N6O4/c1-12-10-24(11-21-12)14-4-3-13(9-15(14)27-2)22-17-20-6-5-16(23-17)19-7-8-28-18(25)26/h3-6,9-11H,7-8H2,1-2H3,(H,25,26)(H2,19,20,22,23). The van der Waals surface area contributed by atoms with Crippen molar-refractivity contribution in [2.45, 2.75) is 6.92 Å². The summed E-state index contributed by atoms with van der Waals surface area (Å²) in [4.78, 5) is 23.1. The molecule has 3 N–H and O–H groups in total. The number of aryl methyl sites for hydroxylation is 1. The molecule has 0 saturated carbocycles. The SMILES string of the molecule is COc1cc(Nc2nccc(NCCOC(=O)O)n2)ccc1-n1cnc(C)c1. The van der Waals surface area contributed by atoms with Crippen molar-refractivity contribution in [1.82, 2.24) is 19.5 Å². The van der Waals surface area contributed by atoms with E-state index in [0.29, 0.717) is 24.1 Å². The molecule has 0 atom stereocenters. The zero-order valence-electron chi connectivity index (χ0n) is 15.4. The van der Waals surface area contributed by atoms with Gasteiger partial charge in [0.05, 0.1) is 31.4 Å². The number of carbonyl (C=O) groups is 1. The van der Waals surface area contributed by atoms with Crippen LogP contribution in [0.25, 0.3) is 5.69 Å². The summed E-state index contributed by atoms with van der Waals surface area (Å²) < 4.78 is 11.8. The molecule has 0 saturated heterocycles. The fourth-order valence-electron chi connectivity index (χ4n) is 2.49. The fraction of sp³-hybridized carbons (Fsp3) is 0.222. The van der Waals surface area contributed by atoms with Crippen LogP contribution in [0.15, 0.2) is 43.0 Å². The van der Waals surface area contributed by atoms with E-state index in [-0.39, 0.29) is 6.61 Å². The molecule has 3 rings (SSSR count). The number of rotatable bonds is 8. The molecule has 146 valence electrons. The molecule has 1 aromatic carbocycles. The predicted molar refractivity (Wildman–Crippen MR) is 103 cm³/mol. The Kier molecular flexibility index (Phi) is 5.90. The van der Waals surface area contributed by atoms with Gasteiger partial charge in [0.25, 0.3) is 0 Å². The van der Waals surface area contributed by atoms with Crippen molar-refractivity contribution in [2.75, 3.05) is 30.9 Å². The topological polar surface area (TPSA) is 123 Å². The monoisotopic (exact) mass is 384 g/mol. The maximum atomic E-state index is 10.3. The van der Waals surface area contributed by atoms with E-state index in [1.54, 1.807) is 25.7 Å². The highest BCUT2D eigenvalue weighted by atomic mass is 16.7. The summed E-state index contributed by atoms with van der Waals surface area (Å²) in [6.45, 7) is 2.25. The summed E-state index contributed by atoms with van der Waals surface area (Å²) in [7, 11) is 1.60. The quantitative estimate of drug-likeness (QED) is 0.397. The Morgan fingerprint density at radius 1 is 1.29 bits per heavy atom. The van der Waals surface area contributed by atoms with Crippen LogP contribution in [-0.4, -0.2) is 51.0 Å².